The molecule has 1 aliphatic heterocycles. The summed E-state index contributed by atoms with van der Waals surface area (Å²) in [4.78, 5) is 17.5. The van der Waals surface area contributed by atoms with E-state index in [0.717, 1.165) is 74.9 Å². The lowest BCUT2D eigenvalue weighted by molar-refractivity contribution is -0.124. The molecule has 0 spiro atoms. The Hall–Kier alpha value is -1.26. The fourth-order valence-corrected chi connectivity index (χ4v) is 7.25. The van der Waals surface area contributed by atoms with E-state index in [1.807, 2.05) is 12.1 Å². The number of halogens is 1. The fraction of sp³-hybridized carbons (Fsp3) is 0.708. The number of carbonyl (C=O) groups excluding carboxylic acids is 1. The molecular weight excluding hydrogens is 382 g/mol. The van der Waals surface area contributed by atoms with Gasteiger partial charge >= 0.3 is 0 Å². The monoisotopic (exact) mass is 415 g/mol. The molecule has 1 saturated heterocycles. The highest BCUT2D eigenvalue weighted by molar-refractivity contribution is 6.30. The van der Waals surface area contributed by atoms with Gasteiger partial charge in [-0.3, -0.25) is 9.69 Å². The summed E-state index contributed by atoms with van der Waals surface area (Å²) < 4.78 is 0. The van der Waals surface area contributed by atoms with E-state index in [1.165, 1.54) is 37.8 Å². The third kappa shape index (κ3) is 4.16. The van der Waals surface area contributed by atoms with Gasteiger partial charge in [-0.2, -0.15) is 0 Å². The van der Waals surface area contributed by atoms with E-state index in [-0.39, 0.29) is 0 Å². The summed E-state index contributed by atoms with van der Waals surface area (Å²) in [5.74, 6) is 3.04. The average molecular weight is 416 g/mol. The van der Waals surface area contributed by atoms with Gasteiger partial charge < -0.3 is 10.2 Å². The molecule has 2 unspecified atom stereocenters. The summed E-state index contributed by atoms with van der Waals surface area (Å²) in [7, 11) is 0. The Balaban J connectivity index is 0.999. The lowest BCUT2D eigenvalue weighted by Gasteiger charge is -2.36. The predicted molar refractivity (Wildman–Crippen MR) is 118 cm³/mol. The van der Waals surface area contributed by atoms with Crippen molar-refractivity contribution >= 4 is 23.2 Å². The topological polar surface area (TPSA) is 35.6 Å². The molecule has 1 N–H and O–H groups in total. The number of hydrogen-bond donors (Lipinski definition) is 1. The van der Waals surface area contributed by atoms with E-state index in [9.17, 15) is 4.79 Å². The molecule has 0 radical (unpaired) electrons. The van der Waals surface area contributed by atoms with Gasteiger partial charge in [-0.25, -0.2) is 0 Å². The van der Waals surface area contributed by atoms with E-state index in [2.05, 4.69) is 27.2 Å². The Bertz CT molecular complexity index is 731. The van der Waals surface area contributed by atoms with Gasteiger partial charge in [0.1, 0.15) is 0 Å². The Kier molecular flexibility index (Phi) is 5.51. The number of nitrogens with zero attached hydrogens (tertiary/aromatic N) is 2. The van der Waals surface area contributed by atoms with Gasteiger partial charge in [0, 0.05) is 49.9 Å². The van der Waals surface area contributed by atoms with Crippen LogP contribution in [0.2, 0.25) is 5.02 Å². The van der Waals surface area contributed by atoms with Crippen LogP contribution in [0.15, 0.2) is 24.3 Å². The van der Waals surface area contributed by atoms with Crippen molar-refractivity contribution in [1.29, 1.82) is 0 Å². The van der Waals surface area contributed by atoms with E-state index in [1.54, 1.807) is 0 Å². The molecule has 158 valence electrons. The summed E-state index contributed by atoms with van der Waals surface area (Å²) in [5.41, 5.74) is 1.60. The van der Waals surface area contributed by atoms with Crippen LogP contribution in [-0.2, 0) is 4.79 Å². The van der Waals surface area contributed by atoms with Crippen molar-refractivity contribution < 1.29 is 4.79 Å². The molecule has 4 bridgehead atoms. The Morgan fingerprint density at radius 2 is 1.86 bits per heavy atom. The number of amides is 1. The van der Waals surface area contributed by atoms with Crippen LogP contribution < -0.4 is 10.2 Å². The van der Waals surface area contributed by atoms with E-state index < -0.39 is 0 Å². The molecular formula is C24H34ClN3O. The van der Waals surface area contributed by atoms with Crippen LogP contribution in [0.3, 0.4) is 0 Å². The zero-order valence-electron chi connectivity index (χ0n) is 17.4. The highest BCUT2D eigenvalue weighted by atomic mass is 35.5. The number of rotatable bonds is 7. The normalized spacial score (nSPS) is 33.4. The van der Waals surface area contributed by atoms with Crippen molar-refractivity contribution in [2.75, 3.05) is 44.2 Å². The molecule has 1 aromatic carbocycles. The van der Waals surface area contributed by atoms with E-state index in [4.69, 9.17) is 11.6 Å². The molecule has 4 aliphatic carbocycles. The number of piperazine rings is 1. The van der Waals surface area contributed by atoms with Crippen LogP contribution in [0.25, 0.3) is 0 Å². The number of carbonyl (C=O) groups is 1. The van der Waals surface area contributed by atoms with Crippen LogP contribution in [0, 0.1) is 23.2 Å². The second-order valence-electron chi connectivity index (χ2n) is 10.1. The van der Waals surface area contributed by atoms with Crippen LogP contribution in [0.4, 0.5) is 5.69 Å². The highest BCUT2D eigenvalue weighted by Crippen LogP contribution is 2.66. The molecule has 29 heavy (non-hydrogen) atoms. The first kappa shape index (κ1) is 19.7. The maximum atomic E-state index is 12.6. The highest BCUT2D eigenvalue weighted by Gasteiger charge is 2.57. The first-order valence-electron chi connectivity index (χ1n) is 11.6. The Morgan fingerprint density at radius 3 is 2.59 bits per heavy atom. The second-order valence-corrected chi connectivity index (χ2v) is 10.5. The smallest absolute Gasteiger partial charge is 0.220 e. The van der Waals surface area contributed by atoms with E-state index >= 15 is 0 Å². The molecule has 1 heterocycles. The Labute approximate surface area is 180 Å². The van der Waals surface area contributed by atoms with Crippen molar-refractivity contribution in [3.63, 3.8) is 0 Å². The minimum atomic E-state index is 0.309. The van der Waals surface area contributed by atoms with E-state index in [0.29, 0.717) is 11.3 Å². The van der Waals surface area contributed by atoms with Gasteiger partial charge in [0.05, 0.1) is 0 Å². The summed E-state index contributed by atoms with van der Waals surface area (Å²) in [6, 6.07) is 8.14. The van der Waals surface area contributed by atoms with Crippen molar-refractivity contribution in [1.82, 2.24) is 10.2 Å². The van der Waals surface area contributed by atoms with Gasteiger partial charge in [0.15, 0.2) is 0 Å². The molecule has 2 atom stereocenters. The zero-order chi connectivity index (χ0) is 19.8. The first-order valence-corrected chi connectivity index (χ1v) is 12.0. The lowest BCUT2D eigenvalue weighted by atomic mass is 9.73. The SMILES string of the molecule is O=C(CC12CC3CC(CC1C3)C2)NCCCN1CCN(c2cccc(Cl)c2)CC1. The van der Waals surface area contributed by atoms with Gasteiger partial charge in [-0.15, -0.1) is 0 Å². The second kappa shape index (κ2) is 8.11. The quantitative estimate of drug-likeness (QED) is 0.678. The molecule has 4 nitrogen and oxygen atoms in total. The van der Waals surface area contributed by atoms with Crippen LogP contribution in [-0.4, -0.2) is 50.1 Å². The zero-order valence-corrected chi connectivity index (χ0v) is 18.2. The molecule has 5 fully saturated rings. The van der Waals surface area contributed by atoms with Crippen molar-refractivity contribution in [2.45, 2.75) is 44.9 Å². The molecule has 1 amide bonds. The van der Waals surface area contributed by atoms with Crippen molar-refractivity contribution in [3.05, 3.63) is 29.3 Å². The predicted octanol–water partition coefficient (Wildman–Crippen LogP) is 4.18. The summed E-state index contributed by atoms with van der Waals surface area (Å²) >= 11 is 6.12. The maximum absolute atomic E-state index is 12.6. The van der Waals surface area contributed by atoms with Crippen molar-refractivity contribution in [2.24, 2.45) is 23.2 Å². The molecule has 6 rings (SSSR count). The minimum Gasteiger partial charge on any atom is -0.369 e. The van der Waals surface area contributed by atoms with Gasteiger partial charge in [0.25, 0.3) is 0 Å². The molecule has 4 saturated carbocycles. The molecule has 1 aromatic rings. The van der Waals surface area contributed by atoms with Crippen LogP contribution in [0.5, 0.6) is 0 Å². The van der Waals surface area contributed by atoms with Gasteiger partial charge in [-0.05, 0) is 86.4 Å². The average Bonchev–Trinajstić information content (AvgIpc) is 3.08. The molecule has 5 heteroatoms. The van der Waals surface area contributed by atoms with Crippen LogP contribution >= 0.6 is 11.6 Å². The largest absolute Gasteiger partial charge is 0.369 e. The molecule has 5 aliphatic rings. The Morgan fingerprint density at radius 1 is 1.10 bits per heavy atom. The first-order chi connectivity index (χ1) is 14.1. The number of anilines is 1. The number of hydrogen-bond acceptors (Lipinski definition) is 3. The summed E-state index contributed by atoms with van der Waals surface area (Å²) in [5, 5.41) is 4.04. The van der Waals surface area contributed by atoms with Gasteiger partial charge in [0.2, 0.25) is 5.91 Å². The number of benzene rings is 1. The maximum Gasteiger partial charge on any atom is 0.220 e. The minimum absolute atomic E-state index is 0.309. The van der Waals surface area contributed by atoms with Crippen molar-refractivity contribution in [3.8, 4) is 0 Å². The molecule has 0 aromatic heterocycles. The lowest BCUT2D eigenvalue weighted by Crippen LogP contribution is -2.47. The number of nitrogens with one attached hydrogen (secondary N) is 1. The van der Waals surface area contributed by atoms with Crippen LogP contribution in [0.1, 0.15) is 44.9 Å². The summed E-state index contributed by atoms with van der Waals surface area (Å²) in [6.07, 6.45) is 8.77. The third-order valence-electron chi connectivity index (χ3n) is 8.19. The summed E-state index contributed by atoms with van der Waals surface area (Å²) in [6.45, 7) is 6.13. The standard InChI is InChI=1S/C24H34ClN3O/c25-21-3-1-4-22(14-21)28-9-7-27(8-10-28)6-2-5-26-23(29)17-24-15-18-11-19(16-24)13-20(24)12-18/h1,3-4,14,18-20H,2,5-13,15-17H2,(H,26,29). The third-order valence-corrected chi connectivity index (χ3v) is 8.43. The fourth-order valence-electron chi connectivity index (χ4n) is 7.07. The van der Waals surface area contributed by atoms with Gasteiger partial charge in [-0.1, -0.05) is 17.7 Å².